The first kappa shape index (κ1) is 11.7. The quantitative estimate of drug-likeness (QED) is 0.868. The predicted molar refractivity (Wildman–Crippen MR) is 66.5 cm³/mol. The molecule has 3 nitrogen and oxygen atoms in total. The second-order valence-electron chi connectivity index (χ2n) is 3.74. The topological polar surface area (TPSA) is 28.2 Å². The number of anilines is 1. The summed E-state index contributed by atoms with van der Waals surface area (Å²) in [5.41, 5.74) is 0.686. The highest BCUT2D eigenvalue weighted by atomic mass is 32.2. The summed E-state index contributed by atoms with van der Waals surface area (Å²) >= 11 is 1.91. The number of aromatic nitrogens is 1. The highest BCUT2D eigenvalue weighted by Gasteiger charge is 2.17. The molecule has 5 heteroatoms. The molecule has 0 aromatic carbocycles. The Balaban J connectivity index is 2.22. The van der Waals surface area contributed by atoms with E-state index < -0.39 is 0 Å². The average Bonchev–Trinajstić information content (AvgIpc) is 2.33. The molecular weight excluding hydrogens is 225 g/mol. The van der Waals surface area contributed by atoms with Gasteiger partial charge >= 0.3 is 0 Å². The van der Waals surface area contributed by atoms with Crippen LogP contribution in [0.5, 0.6) is 0 Å². The smallest absolute Gasteiger partial charge is 0.170 e. The molecule has 1 saturated heterocycles. The second kappa shape index (κ2) is 5.50. The molecule has 0 saturated carbocycles. The van der Waals surface area contributed by atoms with Gasteiger partial charge in [0.15, 0.2) is 11.6 Å². The van der Waals surface area contributed by atoms with Crippen LogP contribution in [-0.2, 0) is 6.54 Å². The van der Waals surface area contributed by atoms with Gasteiger partial charge in [0.2, 0.25) is 0 Å². The maximum absolute atomic E-state index is 14.1. The van der Waals surface area contributed by atoms with E-state index in [9.17, 15) is 4.39 Å². The van der Waals surface area contributed by atoms with Gasteiger partial charge in [-0.3, -0.25) is 0 Å². The van der Waals surface area contributed by atoms with Gasteiger partial charge in [-0.25, -0.2) is 9.37 Å². The van der Waals surface area contributed by atoms with E-state index in [1.807, 2.05) is 23.7 Å². The van der Waals surface area contributed by atoms with Crippen molar-refractivity contribution in [1.29, 1.82) is 0 Å². The first-order chi connectivity index (χ1) is 7.83. The van der Waals surface area contributed by atoms with Gasteiger partial charge in [-0.05, 0) is 13.1 Å². The third-order valence-electron chi connectivity index (χ3n) is 2.63. The fraction of sp³-hybridized carbons (Fsp3) is 0.545. The van der Waals surface area contributed by atoms with Gasteiger partial charge in [-0.1, -0.05) is 0 Å². The van der Waals surface area contributed by atoms with Crippen molar-refractivity contribution in [3.8, 4) is 0 Å². The van der Waals surface area contributed by atoms with Crippen LogP contribution < -0.4 is 10.2 Å². The molecule has 0 unspecified atom stereocenters. The van der Waals surface area contributed by atoms with E-state index in [0.717, 1.165) is 24.6 Å². The second-order valence-corrected chi connectivity index (χ2v) is 4.96. The highest BCUT2D eigenvalue weighted by molar-refractivity contribution is 7.99. The lowest BCUT2D eigenvalue weighted by Crippen LogP contribution is -2.34. The van der Waals surface area contributed by atoms with Crippen LogP contribution in [0.1, 0.15) is 5.56 Å². The maximum Gasteiger partial charge on any atom is 0.170 e. The number of thioether (sulfide) groups is 1. The molecule has 16 heavy (non-hydrogen) atoms. The van der Waals surface area contributed by atoms with Crippen LogP contribution in [0, 0.1) is 5.82 Å². The Morgan fingerprint density at radius 1 is 1.50 bits per heavy atom. The van der Waals surface area contributed by atoms with E-state index in [0.29, 0.717) is 17.9 Å². The minimum atomic E-state index is -0.177. The largest absolute Gasteiger partial charge is 0.353 e. The molecule has 0 spiro atoms. The van der Waals surface area contributed by atoms with Crippen molar-refractivity contribution in [2.24, 2.45) is 0 Å². The SMILES string of the molecule is CNCc1ccnc(N2CCSCC2)c1F. The zero-order chi connectivity index (χ0) is 11.4. The van der Waals surface area contributed by atoms with Crippen molar-refractivity contribution in [2.45, 2.75) is 6.54 Å². The Kier molecular flexibility index (Phi) is 4.01. The number of halogens is 1. The molecule has 0 atom stereocenters. The Morgan fingerprint density at radius 3 is 2.94 bits per heavy atom. The zero-order valence-corrected chi connectivity index (χ0v) is 10.2. The van der Waals surface area contributed by atoms with Gasteiger partial charge in [0.05, 0.1) is 0 Å². The van der Waals surface area contributed by atoms with Crippen molar-refractivity contribution in [1.82, 2.24) is 10.3 Å². The van der Waals surface area contributed by atoms with Crippen molar-refractivity contribution in [3.63, 3.8) is 0 Å². The number of hydrogen-bond acceptors (Lipinski definition) is 4. The van der Waals surface area contributed by atoms with Crippen LogP contribution in [0.15, 0.2) is 12.3 Å². The molecule has 2 heterocycles. The van der Waals surface area contributed by atoms with Gasteiger partial charge < -0.3 is 10.2 Å². The van der Waals surface area contributed by atoms with Crippen molar-refractivity contribution < 1.29 is 4.39 Å². The molecule has 1 aliphatic rings. The molecule has 0 radical (unpaired) electrons. The average molecular weight is 241 g/mol. The third kappa shape index (κ3) is 2.47. The fourth-order valence-electron chi connectivity index (χ4n) is 1.79. The lowest BCUT2D eigenvalue weighted by molar-refractivity contribution is 0.587. The van der Waals surface area contributed by atoms with Gasteiger partial charge in [0.25, 0.3) is 0 Å². The molecule has 1 aromatic heterocycles. The Hall–Kier alpha value is -0.810. The Morgan fingerprint density at radius 2 is 2.25 bits per heavy atom. The van der Waals surface area contributed by atoms with Crippen molar-refractivity contribution in [3.05, 3.63) is 23.6 Å². The monoisotopic (exact) mass is 241 g/mol. The van der Waals surface area contributed by atoms with Crippen LogP contribution in [-0.4, -0.2) is 36.6 Å². The van der Waals surface area contributed by atoms with Crippen molar-refractivity contribution in [2.75, 3.05) is 36.5 Å². The van der Waals surface area contributed by atoms with Crippen molar-refractivity contribution >= 4 is 17.6 Å². The maximum atomic E-state index is 14.1. The van der Waals surface area contributed by atoms with Crippen LogP contribution in [0.4, 0.5) is 10.2 Å². The van der Waals surface area contributed by atoms with E-state index in [1.54, 1.807) is 12.3 Å². The minimum absolute atomic E-state index is 0.177. The van der Waals surface area contributed by atoms with Gasteiger partial charge in [0, 0.05) is 42.9 Å². The summed E-state index contributed by atoms with van der Waals surface area (Å²) in [4.78, 5) is 6.19. The lowest BCUT2D eigenvalue weighted by atomic mass is 10.2. The minimum Gasteiger partial charge on any atom is -0.353 e. The van der Waals surface area contributed by atoms with Gasteiger partial charge in [-0.2, -0.15) is 11.8 Å². The molecule has 88 valence electrons. The first-order valence-corrected chi connectivity index (χ1v) is 6.59. The van der Waals surface area contributed by atoms with Crippen LogP contribution in [0.25, 0.3) is 0 Å². The summed E-state index contributed by atoms with van der Waals surface area (Å²) in [7, 11) is 1.82. The zero-order valence-electron chi connectivity index (χ0n) is 9.37. The van der Waals surface area contributed by atoms with E-state index in [1.165, 1.54) is 0 Å². The molecule has 0 aliphatic carbocycles. The Bertz CT molecular complexity index is 353. The lowest BCUT2D eigenvalue weighted by Gasteiger charge is -2.28. The summed E-state index contributed by atoms with van der Waals surface area (Å²) in [5.74, 6) is 2.44. The summed E-state index contributed by atoms with van der Waals surface area (Å²) < 4.78 is 14.1. The van der Waals surface area contributed by atoms with Crippen LogP contribution >= 0.6 is 11.8 Å². The molecule has 0 bridgehead atoms. The van der Waals surface area contributed by atoms with E-state index in [-0.39, 0.29) is 5.82 Å². The standard InChI is InChI=1S/C11H16FN3S/c1-13-8-9-2-3-14-11(10(9)12)15-4-6-16-7-5-15/h2-3,13H,4-8H2,1H3. The summed E-state index contributed by atoms with van der Waals surface area (Å²) in [6, 6.07) is 1.73. The molecular formula is C11H16FN3S. The number of rotatable bonds is 3. The number of pyridine rings is 1. The molecule has 0 amide bonds. The molecule has 1 N–H and O–H groups in total. The number of hydrogen-bond donors (Lipinski definition) is 1. The molecule has 1 aromatic rings. The van der Waals surface area contributed by atoms with Crippen LogP contribution in [0.2, 0.25) is 0 Å². The summed E-state index contributed by atoms with van der Waals surface area (Å²) in [6.07, 6.45) is 1.69. The normalized spacial score (nSPS) is 16.5. The van der Waals surface area contributed by atoms with E-state index in [4.69, 9.17) is 0 Å². The first-order valence-electron chi connectivity index (χ1n) is 5.43. The van der Waals surface area contributed by atoms with Crippen LogP contribution in [0.3, 0.4) is 0 Å². The van der Waals surface area contributed by atoms with Gasteiger partial charge in [-0.15, -0.1) is 0 Å². The highest BCUT2D eigenvalue weighted by Crippen LogP contribution is 2.22. The Labute approximate surface area is 99.4 Å². The summed E-state index contributed by atoms with van der Waals surface area (Å²) in [5, 5.41) is 2.96. The number of nitrogens with zero attached hydrogens (tertiary/aromatic N) is 2. The molecule has 2 rings (SSSR count). The fourth-order valence-corrected chi connectivity index (χ4v) is 2.70. The third-order valence-corrected chi connectivity index (χ3v) is 3.57. The molecule has 1 aliphatic heterocycles. The molecule has 1 fully saturated rings. The van der Waals surface area contributed by atoms with E-state index in [2.05, 4.69) is 10.3 Å². The predicted octanol–water partition coefficient (Wildman–Crippen LogP) is 1.49. The van der Waals surface area contributed by atoms with E-state index >= 15 is 0 Å². The summed E-state index contributed by atoms with van der Waals surface area (Å²) in [6.45, 7) is 2.32. The number of nitrogens with one attached hydrogen (secondary N) is 1. The van der Waals surface area contributed by atoms with Gasteiger partial charge in [0.1, 0.15) is 0 Å².